The number of hydrogen-bond donors (Lipinski definition) is 1. The standard InChI is InChI=1S/C22H13Cl6N3O4/c23-11-2-1-3-13(6-11)34-10-31-8-12(7-29-31)30-22(32)15-5-4-14(35-15)9-33-21-19(27)17(25)16(24)18(26)20(21)28/h1-8H,9-10H2,(H,30,32). The van der Waals surface area contributed by atoms with Gasteiger partial charge in [-0.25, -0.2) is 4.68 Å². The number of anilines is 1. The monoisotopic (exact) mass is 593 g/mol. The number of rotatable bonds is 8. The first-order chi connectivity index (χ1) is 16.7. The molecule has 2 heterocycles. The quantitative estimate of drug-likeness (QED) is 0.164. The molecule has 0 bridgehead atoms. The van der Waals surface area contributed by atoms with Gasteiger partial charge in [-0.2, -0.15) is 5.10 Å². The molecule has 2 aromatic heterocycles. The molecule has 0 radical (unpaired) electrons. The Bertz CT molecular complexity index is 1360. The van der Waals surface area contributed by atoms with Crippen LogP contribution >= 0.6 is 69.6 Å². The number of nitrogens with zero attached hydrogens (tertiary/aromatic N) is 2. The van der Waals surface area contributed by atoms with Crippen molar-refractivity contribution < 1.29 is 18.7 Å². The zero-order valence-corrected chi connectivity index (χ0v) is 21.9. The van der Waals surface area contributed by atoms with Crippen LogP contribution in [-0.4, -0.2) is 15.7 Å². The molecule has 0 saturated carbocycles. The second-order valence-electron chi connectivity index (χ2n) is 6.91. The fourth-order valence-electron chi connectivity index (χ4n) is 2.82. The van der Waals surface area contributed by atoms with E-state index in [1.165, 1.54) is 16.9 Å². The summed E-state index contributed by atoms with van der Waals surface area (Å²) < 4.78 is 18.3. The average molecular weight is 596 g/mol. The summed E-state index contributed by atoms with van der Waals surface area (Å²) in [6.07, 6.45) is 3.08. The lowest BCUT2D eigenvalue weighted by atomic mass is 10.3. The Labute approximate surface area is 229 Å². The Balaban J connectivity index is 1.35. The average Bonchev–Trinajstić information content (AvgIpc) is 3.50. The maximum atomic E-state index is 12.5. The molecule has 2 aromatic carbocycles. The Morgan fingerprint density at radius 2 is 1.66 bits per heavy atom. The van der Waals surface area contributed by atoms with Gasteiger partial charge in [0.1, 0.15) is 28.2 Å². The number of hydrogen-bond acceptors (Lipinski definition) is 5. The molecule has 1 N–H and O–H groups in total. The maximum Gasteiger partial charge on any atom is 0.291 e. The van der Waals surface area contributed by atoms with Gasteiger partial charge in [0, 0.05) is 5.02 Å². The van der Waals surface area contributed by atoms with Gasteiger partial charge in [-0.05, 0) is 30.3 Å². The molecule has 0 aliphatic rings. The van der Waals surface area contributed by atoms with Crippen LogP contribution in [0.25, 0.3) is 0 Å². The maximum absolute atomic E-state index is 12.5. The van der Waals surface area contributed by atoms with Crippen LogP contribution in [0.3, 0.4) is 0 Å². The van der Waals surface area contributed by atoms with E-state index in [-0.39, 0.29) is 50.0 Å². The lowest BCUT2D eigenvalue weighted by Crippen LogP contribution is -2.10. The number of furan rings is 1. The predicted molar refractivity (Wildman–Crippen MR) is 137 cm³/mol. The fourth-order valence-corrected chi connectivity index (χ4v) is 4.23. The van der Waals surface area contributed by atoms with Crippen molar-refractivity contribution >= 4 is 81.2 Å². The molecule has 0 aliphatic carbocycles. The summed E-state index contributed by atoms with van der Waals surface area (Å²) in [4.78, 5) is 12.5. The minimum Gasteiger partial charge on any atom is -0.482 e. The number of ether oxygens (including phenoxy) is 2. The number of carbonyl (C=O) groups excluding carboxylic acids is 1. The molecule has 35 heavy (non-hydrogen) atoms. The molecular formula is C22H13Cl6N3O4. The Hall–Kier alpha value is -2.26. The van der Waals surface area contributed by atoms with Gasteiger partial charge in [0.15, 0.2) is 18.2 Å². The van der Waals surface area contributed by atoms with Crippen molar-refractivity contribution in [3.8, 4) is 11.5 Å². The summed E-state index contributed by atoms with van der Waals surface area (Å²) in [6.45, 7) is 0.0298. The first-order valence-corrected chi connectivity index (χ1v) is 11.9. The minimum atomic E-state index is -0.486. The highest BCUT2D eigenvalue weighted by molar-refractivity contribution is 6.55. The van der Waals surface area contributed by atoms with Crippen molar-refractivity contribution in [3.05, 3.63) is 90.4 Å². The number of aromatic nitrogens is 2. The highest BCUT2D eigenvalue weighted by atomic mass is 35.5. The molecule has 0 unspecified atom stereocenters. The van der Waals surface area contributed by atoms with Crippen LogP contribution < -0.4 is 14.8 Å². The number of halogens is 6. The fraction of sp³-hybridized carbons (Fsp3) is 0.0909. The first-order valence-electron chi connectivity index (χ1n) is 9.68. The first kappa shape index (κ1) is 25.8. The lowest BCUT2D eigenvalue weighted by molar-refractivity contribution is 0.0992. The molecule has 182 valence electrons. The van der Waals surface area contributed by atoms with Crippen LogP contribution in [0.4, 0.5) is 5.69 Å². The van der Waals surface area contributed by atoms with Crippen molar-refractivity contribution in [1.82, 2.24) is 9.78 Å². The van der Waals surface area contributed by atoms with Crippen LogP contribution in [-0.2, 0) is 13.3 Å². The van der Waals surface area contributed by atoms with E-state index in [0.29, 0.717) is 22.2 Å². The zero-order chi connectivity index (χ0) is 25.1. The SMILES string of the molecule is O=C(Nc1cnn(COc2cccc(Cl)c2)c1)c1ccc(COc2c(Cl)c(Cl)c(Cl)c(Cl)c2Cl)o1. The third kappa shape index (κ3) is 6.12. The van der Waals surface area contributed by atoms with Crippen molar-refractivity contribution in [2.75, 3.05) is 5.32 Å². The Kier molecular flexibility index (Phi) is 8.27. The van der Waals surface area contributed by atoms with Gasteiger partial charge < -0.3 is 19.2 Å². The van der Waals surface area contributed by atoms with Gasteiger partial charge in [-0.1, -0.05) is 75.7 Å². The van der Waals surface area contributed by atoms with E-state index in [4.69, 9.17) is 83.5 Å². The summed E-state index contributed by atoms with van der Waals surface area (Å²) >= 11 is 36.3. The van der Waals surface area contributed by atoms with Crippen LogP contribution in [0, 0.1) is 0 Å². The van der Waals surface area contributed by atoms with E-state index in [1.54, 1.807) is 36.5 Å². The van der Waals surface area contributed by atoms with Crippen LogP contribution in [0.1, 0.15) is 16.3 Å². The molecule has 0 aliphatic heterocycles. The van der Waals surface area contributed by atoms with Crippen molar-refractivity contribution in [3.63, 3.8) is 0 Å². The third-order valence-electron chi connectivity index (χ3n) is 4.46. The highest BCUT2D eigenvalue weighted by Crippen LogP contribution is 2.48. The summed E-state index contributed by atoms with van der Waals surface area (Å²) in [6, 6.07) is 10.0. The molecule has 7 nitrogen and oxygen atoms in total. The molecule has 4 aromatic rings. The molecular weight excluding hydrogens is 583 g/mol. The van der Waals surface area contributed by atoms with E-state index in [2.05, 4.69) is 10.4 Å². The highest BCUT2D eigenvalue weighted by Gasteiger charge is 2.21. The van der Waals surface area contributed by atoms with E-state index in [9.17, 15) is 4.79 Å². The summed E-state index contributed by atoms with van der Waals surface area (Å²) in [5.41, 5.74) is 0.447. The summed E-state index contributed by atoms with van der Waals surface area (Å²) in [5.74, 6) is 0.531. The predicted octanol–water partition coefficient (Wildman–Crippen LogP) is 8.26. The number of benzene rings is 2. The Morgan fingerprint density at radius 3 is 2.37 bits per heavy atom. The van der Waals surface area contributed by atoms with E-state index < -0.39 is 5.91 Å². The third-order valence-corrected chi connectivity index (χ3v) is 6.94. The van der Waals surface area contributed by atoms with E-state index in [1.807, 2.05) is 0 Å². The summed E-state index contributed by atoms with van der Waals surface area (Å²) in [7, 11) is 0. The van der Waals surface area contributed by atoms with Gasteiger partial charge in [0.05, 0.1) is 33.1 Å². The molecule has 0 saturated heterocycles. The zero-order valence-electron chi connectivity index (χ0n) is 17.3. The van der Waals surface area contributed by atoms with E-state index >= 15 is 0 Å². The number of amides is 1. The summed E-state index contributed by atoms with van der Waals surface area (Å²) in [5, 5.41) is 7.44. The largest absolute Gasteiger partial charge is 0.482 e. The number of nitrogens with one attached hydrogen (secondary N) is 1. The second-order valence-corrected chi connectivity index (χ2v) is 9.23. The van der Waals surface area contributed by atoms with Gasteiger partial charge in [-0.3, -0.25) is 4.79 Å². The molecule has 0 atom stereocenters. The second kappa shape index (κ2) is 11.2. The molecule has 0 spiro atoms. The lowest BCUT2D eigenvalue weighted by Gasteiger charge is -2.12. The topological polar surface area (TPSA) is 78.5 Å². The van der Waals surface area contributed by atoms with Gasteiger partial charge in [0.2, 0.25) is 0 Å². The van der Waals surface area contributed by atoms with Gasteiger partial charge in [-0.15, -0.1) is 0 Å². The van der Waals surface area contributed by atoms with Crippen LogP contribution in [0.2, 0.25) is 30.1 Å². The van der Waals surface area contributed by atoms with Crippen molar-refractivity contribution in [2.24, 2.45) is 0 Å². The van der Waals surface area contributed by atoms with E-state index in [0.717, 1.165) is 0 Å². The minimum absolute atomic E-state index is 0.00643. The van der Waals surface area contributed by atoms with Gasteiger partial charge in [0.25, 0.3) is 5.91 Å². The molecule has 13 heteroatoms. The molecule has 0 fully saturated rings. The smallest absolute Gasteiger partial charge is 0.291 e. The van der Waals surface area contributed by atoms with Crippen LogP contribution in [0.5, 0.6) is 11.5 Å². The molecule has 1 amide bonds. The Morgan fingerprint density at radius 1 is 0.943 bits per heavy atom. The van der Waals surface area contributed by atoms with Crippen molar-refractivity contribution in [2.45, 2.75) is 13.3 Å². The normalized spacial score (nSPS) is 10.9. The van der Waals surface area contributed by atoms with Crippen LogP contribution in [0.15, 0.2) is 53.2 Å². The number of carbonyl (C=O) groups is 1. The van der Waals surface area contributed by atoms with Gasteiger partial charge >= 0.3 is 0 Å². The van der Waals surface area contributed by atoms with Crippen molar-refractivity contribution in [1.29, 1.82) is 0 Å². The molecule has 4 rings (SSSR count).